The van der Waals surface area contributed by atoms with E-state index in [0.717, 1.165) is 12.1 Å². The molecule has 3 N–H and O–H groups in total. The van der Waals surface area contributed by atoms with Gasteiger partial charge in [0.1, 0.15) is 12.4 Å². The van der Waals surface area contributed by atoms with Gasteiger partial charge in [-0.2, -0.15) is 18.3 Å². The van der Waals surface area contributed by atoms with Gasteiger partial charge in [-0.05, 0) is 47.9 Å². The van der Waals surface area contributed by atoms with E-state index in [4.69, 9.17) is 9.84 Å². The molecule has 0 spiro atoms. The molecule has 0 radical (unpaired) electrons. The van der Waals surface area contributed by atoms with Gasteiger partial charge in [-0.25, -0.2) is 9.07 Å². The summed E-state index contributed by atoms with van der Waals surface area (Å²) in [4.78, 5) is 25.7. The Morgan fingerprint density at radius 3 is 2.17 bits per heavy atom. The minimum Gasteiger partial charge on any atom is -0.481 e. The van der Waals surface area contributed by atoms with Crippen LogP contribution < -0.4 is 4.74 Å². The zero-order chi connectivity index (χ0) is 30.5. The van der Waals surface area contributed by atoms with Crippen molar-refractivity contribution >= 4 is 11.9 Å². The molecule has 1 amide bonds. The van der Waals surface area contributed by atoms with Crippen molar-refractivity contribution in [3.63, 3.8) is 0 Å². The lowest BCUT2D eigenvalue weighted by atomic mass is 10.0. The summed E-state index contributed by atoms with van der Waals surface area (Å²) in [5.41, 5.74) is 0.325. The van der Waals surface area contributed by atoms with Crippen molar-refractivity contribution in [2.24, 2.45) is 0 Å². The third-order valence-electron chi connectivity index (χ3n) is 6.14. The fraction of sp³-hybridized carbons (Fsp3) is 0.393. The molecule has 3 aromatic rings. The first-order valence-corrected chi connectivity index (χ1v) is 12.7. The van der Waals surface area contributed by atoms with Crippen molar-refractivity contribution in [2.75, 3.05) is 13.7 Å². The molecule has 0 aliphatic heterocycles. The molecule has 0 saturated carbocycles. The predicted octanol–water partition coefficient (Wildman–Crippen LogP) is 4.39. The summed E-state index contributed by atoms with van der Waals surface area (Å²) in [7, 11) is 1.47. The van der Waals surface area contributed by atoms with Crippen LogP contribution in [0, 0.1) is 5.82 Å². The van der Waals surface area contributed by atoms with E-state index in [1.54, 1.807) is 13.8 Å². The van der Waals surface area contributed by atoms with Crippen LogP contribution in [0.4, 0.5) is 17.6 Å². The SMILES string of the molecule is CC(C)c1c(C(=O)N(C)Cc2ccc(C(F)(F)F)cc2)nn(-c2ccc(F)cc2)c1OC[C@@H](O)C[C@@H](O)CC(=O)O. The molecule has 0 bridgehead atoms. The number of ether oxygens (including phenoxy) is 1. The smallest absolute Gasteiger partial charge is 0.416 e. The number of alkyl halides is 3. The third kappa shape index (κ3) is 8.27. The molecule has 0 aliphatic rings. The highest BCUT2D eigenvalue weighted by atomic mass is 19.4. The summed E-state index contributed by atoms with van der Waals surface area (Å²) < 4.78 is 59.5. The van der Waals surface area contributed by atoms with Crippen LogP contribution in [0.3, 0.4) is 0 Å². The van der Waals surface area contributed by atoms with E-state index >= 15 is 0 Å². The summed E-state index contributed by atoms with van der Waals surface area (Å²) in [6.45, 7) is 3.16. The Labute approximate surface area is 233 Å². The van der Waals surface area contributed by atoms with Crippen molar-refractivity contribution in [1.82, 2.24) is 14.7 Å². The van der Waals surface area contributed by atoms with Crippen molar-refractivity contribution < 1.29 is 47.2 Å². The summed E-state index contributed by atoms with van der Waals surface area (Å²) in [5, 5.41) is 33.5. The second-order valence-electron chi connectivity index (χ2n) is 9.92. The number of halogens is 4. The third-order valence-corrected chi connectivity index (χ3v) is 6.14. The monoisotopic (exact) mass is 581 g/mol. The Hall–Kier alpha value is -3.97. The average Bonchev–Trinajstić information content (AvgIpc) is 3.26. The molecule has 2 atom stereocenters. The number of hydrogen-bond donors (Lipinski definition) is 3. The number of aliphatic carboxylic acids is 1. The number of carboxylic acid groups (broad SMARTS) is 1. The lowest BCUT2D eigenvalue weighted by Gasteiger charge is -2.19. The number of carboxylic acids is 1. The van der Waals surface area contributed by atoms with Crippen LogP contribution >= 0.6 is 0 Å². The quantitative estimate of drug-likeness (QED) is 0.271. The molecule has 3 rings (SSSR count). The Bertz CT molecular complexity index is 1340. The van der Waals surface area contributed by atoms with Crippen LogP contribution in [0.1, 0.15) is 59.8 Å². The molecule has 2 aromatic carbocycles. The van der Waals surface area contributed by atoms with Gasteiger partial charge < -0.3 is 25.0 Å². The van der Waals surface area contributed by atoms with Gasteiger partial charge in [0.2, 0.25) is 5.88 Å². The van der Waals surface area contributed by atoms with Gasteiger partial charge in [0, 0.05) is 25.6 Å². The van der Waals surface area contributed by atoms with Crippen molar-refractivity contribution in [3.05, 3.63) is 76.7 Å². The lowest BCUT2D eigenvalue weighted by Crippen LogP contribution is -2.28. The van der Waals surface area contributed by atoms with E-state index in [9.17, 15) is 37.4 Å². The maximum Gasteiger partial charge on any atom is 0.416 e. The van der Waals surface area contributed by atoms with Gasteiger partial charge in [-0.1, -0.05) is 26.0 Å². The second kappa shape index (κ2) is 13.1. The largest absolute Gasteiger partial charge is 0.481 e. The minimum atomic E-state index is -4.49. The highest BCUT2D eigenvalue weighted by molar-refractivity contribution is 5.94. The van der Waals surface area contributed by atoms with E-state index in [2.05, 4.69) is 5.10 Å². The highest BCUT2D eigenvalue weighted by Gasteiger charge is 2.31. The first-order valence-electron chi connectivity index (χ1n) is 12.7. The predicted molar refractivity (Wildman–Crippen MR) is 139 cm³/mol. The molecular formula is C28H31F4N3O6. The average molecular weight is 582 g/mol. The Morgan fingerprint density at radius 2 is 1.63 bits per heavy atom. The number of aliphatic hydroxyl groups excluding tert-OH is 2. The number of carbonyl (C=O) groups is 2. The highest BCUT2D eigenvalue weighted by Crippen LogP contribution is 2.34. The Morgan fingerprint density at radius 1 is 1.02 bits per heavy atom. The van der Waals surface area contributed by atoms with Crippen LogP contribution in [0.2, 0.25) is 0 Å². The van der Waals surface area contributed by atoms with Gasteiger partial charge in [-0.3, -0.25) is 9.59 Å². The Balaban J connectivity index is 1.93. The first kappa shape index (κ1) is 31.6. The number of nitrogens with zero attached hydrogens (tertiary/aromatic N) is 3. The zero-order valence-electron chi connectivity index (χ0n) is 22.6. The number of rotatable bonds is 12. The van der Waals surface area contributed by atoms with Crippen molar-refractivity contribution in [3.8, 4) is 11.6 Å². The normalized spacial score (nSPS) is 13.2. The molecule has 0 aliphatic carbocycles. The number of aliphatic hydroxyl groups is 2. The number of benzene rings is 2. The molecule has 1 aromatic heterocycles. The molecule has 222 valence electrons. The summed E-state index contributed by atoms with van der Waals surface area (Å²) in [6, 6.07) is 9.61. The molecule has 1 heterocycles. The van der Waals surface area contributed by atoms with E-state index in [1.165, 1.54) is 53.0 Å². The Kier molecular flexibility index (Phi) is 10.1. The number of carbonyl (C=O) groups excluding carboxylic acids is 1. The molecule has 13 heteroatoms. The zero-order valence-corrected chi connectivity index (χ0v) is 22.6. The fourth-order valence-electron chi connectivity index (χ4n) is 4.16. The van der Waals surface area contributed by atoms with E-state index in [-0.39, 0.29) is 37.1 Å². The van der Waals surface area contributed by atoms with E-state index in [1.807, 2.05) is 0 Å². The van der Waals surface area contributed by atoms with Crippen molar-refractivity contribution in [1.29, 1.82) is 0 Å². The second-order valence-corrected chi connectivity index (χ2v) is 9.92. The van der Waals surface area contributed by atoms with Crippen LogP contribution in [0.5, 0.6) is 5.88 Å². The molecule has 41 heavy (non-hydrogen) atoms. The maximum atomic E-state index is 13.6. The molecule has 9 nitrogen and oxygen atoms in total. The van der Waals surface area contributed by atoms with E-state index in [0.29, 0.717) is 16.8 Å². The van der Waals surface area contributed by atoms with Crippen molar-refractivity contribution in [2.45, 2.75) is 57.5 Å². The topological polar surface area (TPSA) is 125 Å². The first-order chi connectivity index (χ1) is 19.2. The van der Waals surface area contributed by atoms with Gasteiger partial charge in [0.15, 0.2) is 5.69 Å². The van der Waals surface area contributed by atoms with Gasteiger partial charge in [-0.15, -0.1) is 0 Å². The number of aromatic nitrogens is 2. The molecular weight excluding hydrogens is 550 g/mol. The standard InChI is InChI=1S/C28H31F4N3O6/c1-16(2)24-25(26(40)34(3)14-17-4-6-18(7-5-17)28(30,31)32)33-35(20-10-8-19(29)9-11-20)27(24)41-15-22(37)12-21(36)13-23(38)39/h4-11,16,21-22,36-37H,12-15H2,1-3H3,(H,38,39)/t21-,22+/m1/s1. The number of hydrogen-bond acceptors (Lipinski definition) is 6. The van der Waals surface area contributed by atoms with Crippen LogP contribution in [-0.2, 0) is 17.5 Å². The van der Waals surface area contributed by atoms with Gasteiger partial charge >= 0.3 is 12.1 Å². The minimum absolute atomic E-state index is 0.0193. The van der Waals surface area contributed by atoms with Gasteiger partial charge in [0.05, 0.1) is 29.9 Å². The number of amides is 1. The summed E-state index contributed by atoms with van der Waals surface area (Å²) in [6.07, 6.45) is -7.91. The summed E-state index contributed by atoms with van der Waals surface area (Å²) >= 11 is 0. The van der Waals surface area contributed by atoms with Crippen LogP contribution in [0.15, 0.2) is 48.5 Å². The van der Waals surface area contributed by atoms with E-state index < -0.39 is 48.1 Å². The lowest BCUT2D eigenvalue weighted by molar-refractivity contribution is -0.140. The molecule has 0 unspecified atom stereocenters. The van der Waals surface area contributed by atoms with Crippen LogP contribution in [0.25, 0.3) is 5.69 Å². The fourth-order valence-corrected chi connectivity index (χ4v) is 4.16. The molecule has 0 saturated heterocycles. The van der Waals surface area contributed by atoms with Gasteiger partial charge in [0.25, 0.3) is 5.91 Å². The molecule has 0 fully saturated rings. The maximum absolute atomic E-state index is 13.6. The summed E-state index contributed by atoms with van der Waals surface area (Å²) in [5.74, 6) is -2.57. The van der Waals surface area contributed by atoms with Crippen LogP contribution in [-0.4, -0.2) is 67.7 Å².